The molecule has 4 rings (SSSR count). The molecule has 2 aliphatic rings. The Bertz CT molecular complexity index is 829. The highest BCUT2D eigenvalue weighted by molar-refractivity contribution is 6.07. The molecule has 0 unspecified atom stereocenters. The number of aromatic nitrogens is 1. The van der Waals surface area contributed by atoms with E-state index in [0.29, 0.717) is 18.9 Å². The Balaban J connectivity index is 1.61. The van der Waals surface area contributed by atoms with E-state index in [1.807, 2.05) is 36.4 Å². The molecule has 0 spiro atoms. The number of rotatable bonds is 3. The normalized spacial score (nSPS) is 20.0. The van der Waals surface area contributed by atoms with Crippen LogP contribution in [-0.4, -0.2) is 62.2 Å². The van der Waals surface area contributed by atoms with Crippen LogP contribution in [0.2, 0.25) is 0 Å². The summed E-state index contributed by atoms with van der Waals surface area (Å²) in [6, 6.07) is 13.7. The molecule has 1 aromatic carbocycles. The largest absolute Gasteiger partial charge is 0.486 e. The maximum Gasteiger partial charge on any atom is 0.293 e. The number of ether oxygens (including phenoxy) is 1. The van der Waals surface area contributed by atoms with Gasteiger partial charge in [0.1, 0.15) is 6.61 Å². The first-order valence-corrected chi connectivity index (χ1v) is 9.32. The van der Waals surface area contributed by atoms with Crippen molar-refractivity contribution in [1.29, 1.82) is 0 Å². The van der Waals surface area contributed by atoms with Gasteiger partial charge in [-0.2, -0.15) is 0 Å². The Morgan fingerprint density at radius 2 is 1.78 bits per heavy atom. The summed E-state index contributed by atoms with van der Waals surface area (Å²) in [5.41, 5.74) is 2.71. The quantitative estimate of drug-likeness (QED) is 0.782. The Morgan fingerprint density at radius 3 is 2.56 bits per heavy atom. The van der Waals surface area contributed by atoms with Crippen molar-refractivity contribution in [3.8, 4) is 0 Å². The zero-order valence-electron chi connectivity index (χ0n) is 15.5. The molecule has 1 aromatic heterocycles. The van der Waals surface area contributed by atoms with Crippen molar-refractivity contribution in [1.82, 2.24) is 9.88 Å². The number of amides is 1. The van der Waals surface area contributed by atoms with Gasteiger partial charge in [-0.1, -0.05) is 18.2 Å². The Labute approximate surface area is 159 Å². The first kappa shape index (κ1) is 17.5. The zero-order valence-corrected chi connectivity index (χ0v) is 15.5. The predicted octanol–water partition coefficient (Wildman–Crippen LogP) is 2.24. The van der Waals surface area contributed by atoms with Gasteiger partial charge >= 0.3 is 0 Å². The Morgan fingerprint density at radius 1 is 1.00 bits per heavy atom. The maximum absolute atomic E-state index is 12.9. The summed E-state index contributed by atoms with van der Waals surface area (Å²) in [6.07, 6.45) is 3.54. The number of para-hydroxylation sites is 1. The average molecular weight is 364 g/mol. The van der Waals surface area contributed by atoms with Gasteiger partial charge in [0.05, 0.1) is 17.9 Å². The van der Waals surface area contributed by atoms with Crippen LogP contribution in [0.1, 0.15) is 5.69 Å². The number of piperazine rings is 1. The van der Waals surface area contributed by atoms with E-state index in [2.05, 4.69) is 27.9 Å². The van der Waals surface area contributed by atoms with Gasteiger partial charge in [-0.05, 0) is 31.3 Å². The first-order valence-electron chi connectivity index (χ1n) is 9.32. The number of pyridine rings is 1. The summed E-state index contributed by atoms with van der Waals surface area (Å²) in [7, 11) is 2.14. The van der Waals surface area contributed by atoms with Gasteiger partial charge in [-0.25, -0.2) is 0 Å². The van der Waals surface area contributed by atoms with E-state index in [1.54, 1.807) is 17.2 Å². The molecule has 3 heterocycles. The van der Waals surface area contributed by atoms with Gasteiger partial charge in [-0.3, -0.25) is 9.78 Å². The number of nitrogens with zero attached hydrogens (tertiary/aromatic N) is 4. The molecule has 140 valence electrons. The second kappa shape index (κ2) is 7.80. The third kappa shape index (κ3) is 3.80. The highest BCUT2D eigenvalue weighted by Crippen LogP contribution is 2.25. The topological polar surface area (TPSA) is 48.9 Å². The van der Waals surface area contributed by atoms with Crippen molar-refractivity contribution in [3.63, 3.8) is 0 Å². The van der Waals surface area contributed by atoms with E-state index in [9.17, 15) is 4.79 Å². The monoisotopic (exact) mass is 364 g/mol. The van der Waals surface area contributed by atoms with E-state index in [0.717, 1.165) is 43.2 Å². The number of hydrogen-bond donors (Lipinski definition) is 0. The molecular weight excluding hydrogens is 340 g/mol. The van der Waals surface area contributed by atoms with Gasteiger partial charge in [0, 0.05) is 44.1 Å². The van der Waals surface area contributed by atoms with Crippen LogP contribution < -0.4 is 9.80 Å². The minimum absolute atomic E-state index is 0.123. The van der Waals surface area contributed by atoms with E-state index < -0.39 is 0 Å². The molecule has 0 atom stereocenters. The van der Waals surface area contributed by atoms with Gasteiger partial charge in [0.25, 0.3) is 5.91 Å². The van der Waals surface area contributed by atoms with Crippen LogP contribution in [0.25, 0.3) is 6.08 Å². The SMILES string of the molecule is CN1CCN(c2cccnc2/C=C2\OCCN(c3ccccc3)C2=O)CC1. The molecule has 0 saturated carbocycles. The van der Waals surface area contributed by atoms with E-state index in [4.69, 9.17) is 4.74 Å². The van der Waals surface area contributed by atoms with Crippen molar-refractivity contribution in [2.24, 2.45) is 0 Å². The van der Waals surface area contributed by atoms with E-state index in [-0.39, 0.29) is 5.91 Å². The third-order valence-corrected chi connectivity index (χ3v) is 5.02. The van der Waals surface area contributed by atoms with Crippen LogP contribution in [0, 0.1) is 0 Å². The lowest BCUT2D eigenvalue weighted by Gasteiger charge is -2.34. The van der Waals surface area contributed by atoms with Gasteiger partial charge in [0.2, 0.25) is 0 Å². The fraction of sp³-hybridized carbons (Fsp3) is 0.333. The number of likely N-dealkylation sites (N-methyl/N-ethyl adjacent to an activating group) is 1. The van der Waals surface area contributed by atoms with Crippen molar-refractivity contribution < 1.29 is 9.53 Å². The summed E-state index contributed by atoms with van der Waals surface area (Å²) >= 11 is 0. The smallest absolute Gasteiger partial charge is 0.293 e. The molecule has 27 heavy (non-hydrogen) atoms. The summed E-state index contributed by atoms with van der Waals surface area (Å²) in [6.45, 7) is 4.95. The molecule has 0 N–H and O–H groups in total. The van der Waals surface area contributed by atoms with Crippen LogP contribution in [0.4, 0.5) is 11.4 Å². The van der Waals surface area contributed by atoms with Gasteiger partial charge < -0.3 is 19.4 Å². The molecular formula is C21H24N4O2. The number of hydrogen-bond acceptors (Lipinski definition) is 5. The molecule has 6 nitrogen and oxygen atoms in total. The van der Waals surface area contributed by atoms with Gasteiger partial charge in [-0.15, -0.1) is 0 Å². The third-order valence-electron chi connectivity index (χ3n) is 5.02. The Kier molecular flexibility index (Phi) is 5.07. The average Bonchev–Trinajstić information content (AvgIpc) is 2.71. The van der Waals surface area contributed by atoms with Crippen molar-refractivity contribution in [2.75, 3.05) is 56.2 Å². The van der Waals surface area contributed by atoms with Crippen LogP contribution in [0.5, 0.6) is 0 Å². The van der Waals surface area contributed by atoms with Crippen LogP contribution in [0.15, 0.2) is 54.4 Å². The van der Waals surface area contributed by atoms with Crippen molar-refractivity contribution in [3.05, 3.63) is 60.1 Å². The summed E-state index contributed by atoms with van der Waals surface area (Å²) in [4.78, 5) is 23.9. The number of carbonyl (C=O) groups excluding carboxylic acids is 1. The summed E-state index contributed by atoms with van der Waals surface area (Å²) in [5.74, 6) is 0.224. The van der Waals surface area contributed by atoms with Crippen LogP contribution in [-0.2, 0) is 9.53 Å². The highest BCUT2D eigenvalue weighted by Gasteiger charge is 2.27. The molecule has 0 radical (unpaired) electrons. The van der Waals surface area contributed by atoms with Crippen molar-refractivity contribution in [2.45, 2.75) is 0 Å². The maximum atomic E-state index is 12.9. The standard InChI is InChI=1S/C21H24N4O2/c1-23-10-12-24(13-11-23)19-8-5-9-22-18(19)16-20-21(26)25(14-15-27-20)17-6-3-2-4-7-17/h2-9,16H,10-15H2,1H3/b20-16-. The minimum atomic E-state index is -0.123. The number of morpholine rings is 1. The predicted molar refractivity (Wildman–Crippen MR) is 107 cm³/mol. The highest BCUT2D eigenvalue weighted by atomic mass is 16.5. The fourth-order valence-corrected chi connectivity index (χ4v) is 3.46. The summed E-state index contributed by atoms with van der Waals surface area (Å²) in [5, 5.41) is 0. The first-order chi connectivity index (χ1) is 13.2. The van der Waals surface area contributed by atoms with Crippen molar-refractivity contribution >= 4 is 23.4 Å². The van der Waals surface area contributed by atoms with Crippen LogP contribution in [0.3, 0.4) is 0 Å². The molecule has 0 aliphatic carbocycles. The molecule has 2 aliphatic heterocycles. The lowest BCUT2D eigenvalue weighted by Crippen LogP contribution is -2.44. The molecule has 2 aromatic rings. The zero-order chi connectivity index (χ0) is 18.6. The second-order valence-electron chi connectivity index (χ2n) is 6.85. The number of anilines is 2. The number of carbonyl (C=O) groups is 1. The molecule has 6 heteroatoms. The number of benzene rings is 1. The molecule has 2 fully saturated rings. The Hall–Kier alpha value is -2.86. The minimum Gasteiger partial charge on any atom is -0.486 e. The van der Waals surface area contributed by atoms with E-state index in [1.165, 1.54) is 0 Å². The van der Waals surface area contributed by atoms with E-state index >= 15 is 0 Å². The second-order valence-corrected chi connectivity index (χ2v) is 6.85. The van der Waals surface area contributed by atoms with Gasteiger partial charge in [0.15, 0.2) is 5.76 Å². The fourth-order valence-electron chi connectivity index (χ4n) is 3.46. The van der Waals surface area contributed by atoms with Crippen LogP contribution >= 0.6 is 0 Å². The molecule has 2 saturated heterocycles. The lowest BCUT2D eigenvalue weighted by molar-refractivity contribution is -0.120. The molecule has 1 amide bonds. The summed E-state index contributed by atoms with van der Waals surface area (Å²) < 4.78 is 5.71. The molecule has 0 bridgehead atoms. The lowest BCUT2D eigenvalue weighted by atomic mass is 10.2.